The summed E-state index contributed by atoms with van der Waals surface area (Å²) in [5, 5.41) is 12.5. The van der Waals surface area contributed by atoms with Gasteiger partial charge in [-0.1, -0.05) is 12.1 Å². The number of amides is 2. The van der Waals surface area contributed by atoms with Gasteiger partial charge in [-0.05, 0) is 56.2 Å². The van der Waals surface area contributed by atoms with Gasteiger partial charge in [0.05, 0.1) is 6.10 Å². The Morgan fingerprint density at radius 2 is 2.18 bits per heavy atom. The number of hydrogen-bond acceptors (Lipinski definition) is 2. The first kappa shape index (κ1) is 16.7. The predicted molar refractivity (Wildman–Crippen MR) is 84.1 cm³/mol. The molecule has 1 unspecified atom stereocenters. The lowest BCUT2D eigenvalue weighted by Crippen LogP contribution is -2.46. The lowest BCUT2D eigenvalue weighted by molar-refractivity contribution is 0.0798. The minimum absolute atomic E-state index is 0.0386. The second-order valence-electron chi connectivity index (χ2n) is 6.03. The van der Waals surface area contributed by atoms with Crippen molar-refractivity contribution >= 4 is 6.03 Å². The molecule has 0 radical (unpaired) electrons. The zero-order valence-corrected chi connectivity index (χ0v) is 13.1. The van der Waals surface area contributed by atoms with Crippen LogP contribution in [0.3, 0.4) is 0 Å². The van der Waals surface area contributed by atoms with Crippen molar-refractivity contribution in [3.8, 4) is 0 Å². The van der Waals surface area contributed by atoms with E-state index in [-0.39, 0.29) is 18.0 Å². The van der Waals surface area contributed by atoms with Crippen LogP contribution in [0.4, 0.5) is 9.18 Å². The smallest absolute Gasteiger partial charge is 0.317 e. The number of carbonyl (C=O) groups excluding carboxylic acids is 1. The molecule has 1 fully saturated rings. The Kier molecular flexibility index (Phi) is 6.19. The Morgan fingerprint density at radius 3 is 2.82 bits per heavy atom. The van der Waals surface area contributed by atoms with Crippen LogP contribution in [0.2, 0.25) is 0 Å². The average Bonchev–Trinajstić information content (AvgIpc) is 2.51. The molecule has 1 atom stereocenters. The largest absolute Gasteiger partial charge is 0.393 e. The van der Waals surface area contributed by atoms with Crippen LogP contribution in [0, 0.1) is 11.7 Å². The number of rotatable bonds is 5. The molecule has 1 heterocycles. The molecule has 5 heteroatoms. The standard InChI is InChI=1S/C17H25FN2O2/c1-13(21)15-7-10-20(11-8-15)17(22)19-9-3-5-14-4-2-6-16(18)12-14/h2,4,6,12-13,15,21H,3,5,7-11H2,1H3,(H,19,22). The number of aliphatic hydroxyl groups excluding tert-OH is 1. The molecule has 1 aliphatic rings. The van der Waals surface area contributed by atoms with Gasteiger partial charge < -0.3 is 15.3 Å². The fourth-order valence-electron chi connectivity index (χ4n) is 2.88. The maximum absolute atomic E-state index is 13.0. The molecular weight excluding hydrogens is 283 g/mol. The van der Waals surface area contributed by atoms with E-state index in [1.807, 2.05) is 13.0 Å². The fourth-order valence-corrected chi connectivity index (χ4v) is 2.88. The fraction of sp³-hybridized carbons (Fsp3) is 0.588. The zero-order chi connectivity index (χ0) is 15.9. The monoisotopic (exact) mass is 308 g/mol. The lowest BCUT2D eigenvalue weighted by Gasteiger charge is -2.33. The van der Waals surface area contributed by atoms with Gasteiger partial charge in [-0.25, -0.2) is 9.18 Å². The van der Waals surface area contributed by atoms with Gasteiger partial charge in [-0.2, -0.15) is 0 Å². The first-order valence-corrected chi connectivity index (χ1v) is 8.01. The van der Waals surface area contributed by atoms with Crippen LogP contribution in [-0.4, -0.2) is 41.8 Å². The maximum Gasteiger partial charge on any atom is 0.317 e. The van der Waals surface area contributed by atoms with E-state index in [0.29, 0.717) is 25.6 Å². The number of benzene rings is 1. The summed E-state index contributed by atoms with van der Waals surface area (Å²) in [5.74, 6) is 0.0829. The zero-order valence-electron chi connectivity index (χ0n) is 13.1. The number of aryl methyl sites for hydroxylation is 1. The van der Waals surface area contributed by atoms with Crippen LogP contribution in [0.1, 0.15) is 31.7 Å². The minimum Gasteiger partial charge on any atom is -0.393 e. The molecule has 0 aliphatic carbocycles. The van der Waals surface area contributed by atoms with Gasteiger partial charge >= 0.3 is 6.03 Å². The molecule has 1 aromatic carbocycles. The summed E-state index contributed by atoms with van der Waals surface area (Å²) in [5.41, 5.74) is 0.951. The van der Waals surface area contributed by atoms with Crippen LogP contribution in [0.5, 0.6) is 0 Å². The van der Waals surface area contributed by atoms with Crippen molar-refractivity contribution in [1.29, 1.82) is 0 Å². The number of nitrogens with zero attached hydrogens (tertiary/aromatic N) is 1. The minimum atomic E-state index is -0.295. The van der Waals surface area contributed by atoms with Crippen molar-refractivity contribution in [2.75, 3.05) is 19.6 Å². The van der Waals surface area contributed by atoms with Crippen LogP contribution < -0.4 is 5.32 Å². The summed E-state index contributed by atoms with van der Waals surface area (Å²) in [6.45, 7) is 3.80. The van der Waals surface area contributed by atoms with E-state index < -0.39 is 0 Å². The van der Waals surface area contributed by atoms with E-state index in [1.54, 1.807) is 11.0 Å². The summed E-state index contributed by atoms with van der Waals surface area (Å²) >= 11 is 0. The molecule has 2 amide bonds. The van der Waals surface area contributed by atoms with Gasteiger partial charge in [0.1, 0.15) is 5.82 Å². The first-order chi connectivity index (χ1) is 10.6. The third kappa shape index (κ3) is 4.98. The number of nitrogens with one attached hydrogen (secondary N) is 1. The number of aliphatic hydroxyl groups is 1. The summed E-state index contributed by atoms with van der Waals surface area (Å²) in [7, 11) is 0. The number of hydrogen-bond donors (Lipinski definition) is 2. The summed E-state index contributed by atoms with van der Waals surface area (Å²) in [6, 6.07) is 6.52. The van der Waals surface area contributed by atoms with Crippen LogP contribution in [-0.2, 0) is 6.42 Å². The molecule has 0 aromatic heterocycles. The quantitative estimate of drug-likeness (QED) is 0.821. The van der Waals surface area contributed by atoms with E-state index in [0.717, 1.165) is 31.2 Å². The van der Waals surface area contributed by atoms with Crippen molar-refractivity contribution in [2.45, 2.75) is 38.7 Å². The van der Waals surface area contributed by atoms with E-state index in [2.05, 4.69) is 5.32 Å². The number of carbonyl (C=O) groups is 1. The third-order valence-electron chi connectivity index (χ3n) is 4.32. The molecule has 4 nitrogen and oxygen atoms in total. The van der Waals surface area contributed by atoms with Gasteiger partial charge in [-0.15, -0.1) is 0 Å². The topological polar surface area (TPSA) is 52.6 Å². The highest BCUT2D eigenvalue weighted by Crippen LogP contribution is 2.20. The first-order valence-electron chi connectivity index (χ1n) is 8.01. The molecule has 1 saturated heterocycles. The molecule has 122 valence electrons. The second-order valence-corrected chi connectivity index (χ2v) is 6.03. The summed E-state index contributed by atoms with van der Waals surface area (Å²) < 4.78 is 13.0. The predicted octanol–water partition coefficient (Wildman–Crippen LogP) is 2.56. The third-order valence-corrected chi connectivity index (χ3v) is 4.32. The lowest BCUT2D eigenvalue weighted by atomic mass is 9.92. The summed E-state index contributed by atoms with van der Waals surface area (Å²) in [6.07, 6.45) is 2.96. The van der Waals surface area contributed by atoms with Crippen LogP contribution in [0.15, 0.2) is 24.3 Å². The normalized spacial score (nSPS) is 17.3. The van der Waals surface area contributed by atoms with Gasteiger partial charge in [-0.3, -0.25) is 0 Å². The molecule has 0 saturated carbocycles. The Hall–Kier alpha value is -1.62. The highest BCUT2D eigenvalue weighted by molar-refractivity contribution is 5.74. The SMILES string of the molecule is CC(O)C1CCN(C(=O)NCCCc2cccc(F)c2)CC1. The van der Waals surface area contributed by atoms with E-state index in [4.69, 9.17) is 0 Å². The highest BCUT2D eigenvalue weighted by Gasteiger charge is 2.24. The van der Waals surface area contributed by atoms with Crippen LogP contribution in [0.25, 0.3) is 0 Å². The Balaban J connectivity index is 1.64. The molecular formula is C17H25FN2O2. The average molecular weight is 308 g/mol. The van der Waals surface area contributed by atoms with Crippen molar-refractivity contribution in [2.24, 2.45) is 5.92 Å². The number of urea groups is 1. The molecule has 2 rings (SSSR count). The number of likely N-dealkylation sites (tertiary alicyclic amines) is 1. The van der Waals surface area contributed by atoms with Crippen molar-refractivity contribution in [1.82, 2.24) is 10.2 Å². The van der Waals surface area contributed by atoms with Gasteiger partial charge in [0.2, 0.25) is 0 Å². The Morgan fingerprint density at radius 1 is 1.45 bits per heavy atom. The van der Waals surface area contributed by atoms with Gasteiger partial charge in [0, 0.05) is 19.6 Å². The highest BCUT2D eigenvalue weighted by atomic mass is 19.1. The number of piperidine rings is 1. The Labute approximate surface area is 131 Å². The van der Waals surface area contributed by atoms with Crippen molar-refractivity contribution in [3.05, 3.63) is 35.6 Å². The molecule has 0 spiro atoms. The van der Waals surface area contributed by atoms with Crippen molar-refractivity contribution in [3.63, 3.8) is 0 Å². The molecule has 0 bridgehead atoms. The maximum atomic E-state index is 13.0. The van der Waals surface area contributed by atoms with Crippen molar-refractivity contribution < 1.29 is 14.3 Å². The van der Waals surface area contributed by atoms with E-state index in [1.165, 1.54) is 12.1 Å². The van der Waals surface area contributed by atoms with E-state index in [9.17, 15) is 14.3 Å². The summed E-state index contributed by atoms with van der Waals surface area (Å²) in [4.78, 5) is 13.8. The molecule has 2 N–H and O–H groups in total. The van der Waals surface area contributed by atoms with Gasteiger partial charge in [0.15, 0.2) is 0 Å². The molecule has 22 heavy (non-hydrogen) atoms. The Bertz CT molecular complexity index is 485. The molecule has 1 aliphatic heterocycles. The van der Waals surface area contributed by atoms with Gasteiger partial charge in [0.25, 0.3) is 0 Å². The van der Waals surface area contributed by atoms with E-state index >= 15 is 0 Å². The second kappa shape index (κ2) is 8.13. The molecule has 1 aromatic rings. The number of halogens is 1. The van der Waals surface area contributed by atoms with Crippen LogP contribution >= 0.6 is 0 Å².